The quantitative estimate of drug-likeness (QED) is 0.844. The van der Waals surface area contributed by atoms with Crippen LogP contribution < -0.4 is 0 Å². The Bertz CT molecular complexity index is 288. The Labute approximate surface area is 92.3 Å². The number of aliphatic hydroxyl groups excluding tert-OH is 1. The molecule has 0 radical (unpaired) electrons. The lowest BCUT2D eigenvalue weighted by Gasteiger charge is -2.20. The molecule has 0 fully saturated rings. The van der Waals surface area contributed by atoms with Crippen LogP contribution in [0.1, 0.15) is 26.5 Å². The molecule has 1 heterocycles. The van der Waals surface area contributed by atoms with Gasteiger partial charge in [0.1, 0.15) is 0 Å². The first-order valence-corrected chi connectivity index (χ1v) is 5.37. The fourth-order valence-electron chi connectivity index (χ4n) is 1.37. The van der Waals surface area contributed by atoms with Crippen molar-refractivity contribution in [2.24, 2.45) is 0 Å². The maximum atomic E-state index is 8.86. The van der Waals surface area contributed by atoms with Crippen LogP contribution in [0, 0.1) is 3.57 Å². The molecule has 0 amide bonds. The van der Waals surface area contributed by atoms with E-state index >= 15 is 0 Å². The second kappa shape index (κ2) is 3.96. The molecule has 3 nitrogen and oxygen atoms in total. The molecular formula is C9H15IN2O. The molecule has 0 saturated heterocycles. The van der Waals surface area contributed by atoms with Gasteiger partial charge < -0.3 is 5.11 Å². The van der Waals surface area contributed by atoms with Gasteiger partial charge in [0.25, 0.3) is 0 Å². The molecule has 0 bridgehead atoms. The number of nitrogens with zero attached hydrogens (tertiary/aromatic N) is 2. The molecule has 4 heteroatoms. The number of aliphatic hydroxyl groups is 1. The Morgan fingerprint density at radius 2 is 2.15 bits per heavy atom. The van der Waals surface area contributed by atoms with E-state index < -0.39 is 0 Å². The highest BCUT2D eigenvalue weighted by atomic mass is 127. The fraction of sp³-hybridized carbons (Fsp3) is 0.667. The van der Waals surface area contributed by atoms with E-state index in [9.17, 15) is 0 Å². The Morgan fingerprint density at radius 3 is 2.62 bits per heavy atom. The van der Waals surface area contributed by atoms with Gasteiger partial charge in [-0.1, -0.05) is 20.8 Å². The smallest absolute Gasteiger partial charge is 0.0644 e. The van der Waals surface area contributed by atoms with Crippen molar-refractivity contribution in [1.29, 1.82) is 0 Å². The third kappa shape index (κ3) is 2.43. The van der Waals surface area contributed by atoms with Crippen molar-refractivity contribution in [2.45, 2.75) is 32.7 Å². The summed E-state index contributed by atoms with van der Waals surface area (Å²) >= 11 is 2.28. The molecule has 0 aromatic carbocycles. The molecule has 0 unspecified atom stereocenters. The zero-order chi connectivity index (χ0) is 10.1. The minimum absolute atomic E-state index is 0.0855. The molecule has 0 atom stereocenters. The van der Waals surface area contributed by atoms with E-state index in [1.54, 1.807) is 0 Å². The van der Waals surface area contributed by atoms with Crippen LogP contribution in [-0.2, 0) is 12.0 Å². The number of halogens is 1. The number of hydrogen-bond donors (Lipinski definition) is 1. The summed E-state index contributed by atoms with van der Waals surface area (Å²) in [6.07, 6.45) is 1.84. The van der Waals surface area contributed by atoms with Gasteiger partial charge in [0.15, 0.2) is 0 Å². The van der Waals surface area contributed by atoms with Crippen LogP contribution in [0.15, 0.2) is 6.20 Å². The standard InChI is InChI=1S/C9H15IN2O/c1-9(2,3)8-7(10)6-11-12(8)4-5-13/h6,13H,4-5H2,1-3H3. The number of aromatic nitrogens is 2. The zero-order valence-electron chi connectivity index (χ0n) is 8.21. The highest BCUT2D eigenvalue weighted by molar-refractivity contribution is 14.1. The van der Waals surface area contributed by atoms with E-state index in [0.717, 1.165) is 0 Å². The van der Waals surface area contributed by atoms with Gasteiger partial charge in [0.2, 0.25) is 0 Å². The van der Waals surface area contributed by atoms with E-state index in [1.165, 1.54) is 9.26 Å². The molecule has 74 valence electrons. The van der Waals surface area contributed by atoms with Gasteiger partial charge in [-0.2, -0.15) is 5.10 Å². The average Bonchev–Trinajstić information content (AvgIpc) is 2.31. The highest BCUT2D eigenvalue weighted by Gasteiger charge is 2.22. The van der Waals surface area contributed by atoms with Crippen LogP contribution in [0.5, 0.6) is 0 Å². The minimum atomic E-state index is 0.0855. The lowest BCUT2D eigenvalue weighted by atomic mass is 9.92. The predicted molar refractivity (Wildman–Crippen MR) is 60.7 cm³/mol. The third-order valence-electron chi connectivity index (χ3n) is 1.82. The molecule has 1 aromatic rings. The Morgan fingerprint density at radius 1 is 1.54 bits per heavy atom. The fourth-order valence-corrected chi connectivity index (χ4v) is 2.58. The van der Waals surface area contributed by atoms with Crippen molar-refractivity contribution in [1.82, 2.24) is 9.78 Å². The van der Waals surface area contributed by atoms with Crippen molar-refractivity contribution >= 4 is 22.6 Å². The highest BCUT2D eigenvalue weighted by Crippen LogP contribution is 2.26. The molecular weight excluding hydrogens is 279 g/mol. The molecule has 1 N–H and O–H groups in total. The van der Waals surface area contributed by atoms with Crippen LogP contribution >= 0.6 is 22.6 Å². The molecule has 1 aromatic heterocycles. The second-order valence-electron chi connectivity index (χ2n) is 4.04. The predicted octanol–water partition coefficient (Wildman–Crippen LogP) is 1.78. The first-order chi connectivity index (χ1) is 5.96. The zero-order valence-corrected chi connectivity index (χ0v) is 10.4. The van der Waals surface area contributed by atoms with Gasteiger partial charge >= 0.3 is 0 Å². The van der Waals surface area contributed by atoms with Crippen molar-refractivity contribution in [3.05, 3.63) is 15.5 Å². The molecule has 0 aliphatic heterocycles. The van der Waals surface area contributed by atoms with Crippen LogP contribution in [0.4, 0.5) is 0 Å². The van der Waals surface area contributed by atoms with Gasteiger partial charge in [-0.3, -0.25) is 4.68 Å². The third-order valence-corrected chi connectivity index (χ3v) is 2.61. The number of rotatable bonds is 2. The summed E-state index contributed by atoms with van der Waals surface area (Å²) in [5.74, 6) is 0. The van der Waals surface area contributed by atoms with Crippen LogP contribution in [0.25, 0.3) is 0 Å². The van der Waals surface area contributed by atoms with Gasteiger partial charge in [-0.15, -0.1) is 0 Å². The normalized spacial score (nSPS) is 12.1. The lowest BCUT2D eigenvalue weighted by molar-refractivity contribution is 0.264. The maximum Gasteiger partial charge on any atom is 0.0644 e. The first-order valence-electron chi connectivity index (χ1n) is 4.29. The molecule has 13 heavy (non-hydrogen) atoms. The van der Waals surface area contributed by atoms with Crippen molar-refractivity contribution in [2.75, 3.05) is 6.61 Å². The SMILES string of the molecule is CC(C)(C)c1c(I)cnn1CCO. The van der Waals surface area contributed by atoms with Crippen molar-refractivity contribution in [3.63, 3.8) is 0 Å². The van der Waals surface area contributed by atoms with E-state index in [-0.39, 0.29) is 12.0 Å². The summed E-state index contributed by atoms with van der Waals surface area (Å²) in [5.41, 5.74) is 1.28. The summed E-state index contributed by atoms with van der Waals surface area (Å²) in [5, 5.41) is 13.1. The van der Waals surface area contributed by atoms with Crippen LogP contribution in [0.3, 0.4) is 0 Å². The summed E-state index contributed by atoms with van der Waals surface area (Å²) < 4.78 is 3.04. The van der Waals surface area contributed by atoms with E-state index in [4.69, 9.17) is 5.11 Å². The van der Waals surface area contributed by atoms with Crippen LogP contribution in [-0.4, -0.2) is 21.5 Å². The minimum Gasteiger partial charge on any atom is -0.394 e. The largest absolute Gasteiger partial charge is 0.394 e. The molecule has 0 spiro atoms. The molecule has 1 rings (SSSR count). The number of hydrogen-bond acceptors (Lipinski definition) is 2. The monoisotopic (exact) mass is 294 g/mol. The van der Waals surface area contributed by atoms with E-state index in [0.29, 0.717) is 6.54 Å². The lowest BCUT2D eigenvalue weighted by Crippen LogP contribution is -2.20. The van der Waals surface area contributed by atoms with Gasteiger partial charge in [0, 0.05) is 5.41 Å². The molecule has 0 aliphatic carbocycles. The summed E-state index contributed by atoms with van der Waals surface area (Å²) in [7, 11) is 0. The first kappa shape index (κ1) is 11.0. The van der Waals surface area contributed by atoms with E-state index in [2.05, 4.69) is 48.5 Å². The Hall–Kier alpha value is -0.100. The molecule has 0 saturated carbocycles. The van der Waals surface area contributed by atoms with Crippen molar-refractivity contribution < 1.29 is 5.11 Å². The topological polar surface area (TPSA) is 38.0 Å². The molecule has 0 aliphatic rings. The summed E-state index contributed by atoms with van der Waals surface area (Å²) in [4.78, 5) is 0. The van der Waals surface area contributed by atoms with Gasteiger partial charge in [-0.05, 0) is 22.6 Å². The summed E-state index contributed by atoms with van der Waals surface area (Å²) in [6, 6.07) is 0. The second-order valence-corrected chi connectivity index (χ2v) is 5.20. The van der Waals surface area contributed by atoms with E-state index in [1.807, 2.05) is 10.9 Å². The van der Waals surface area contributed by atoms with Crippen LogP contribution in [0.2, 0.25) is 0 Å². The van der Waals surface area contributed by atoms with Gasteiger partial charge in [0.05, 0.1) is 28.6 Å². The van der Waals surface area contributed by atoms with Gasteiger partial charge in [-0.25, -0.2) is 0 Å². The maximum absolute atomic E-state index is 8.86. The Kier molecular flexibility index (Phi) is 3.34. The summed E-state index contributed by atoms with van der Waals surface area (Å²) in [6.45, 7) is 7.18. The Balaban J connectivity index is 3.09. The average molecular weight is 294 g/mol. The van der Waals surface area contributed by atoms with Crippen molar-refractivity contribution in [3.8, 4) is 0 Å².